The maximum atomic E-state index is 12.4. The molecule has 0 radical (unpaired) electrons. The highest BCUT2D eigenvalue weighted by Crippen LogP contribution is 2.25. The fraction of sp³-hybridized carbons (Fsp3) is 0.100. The molecule has 7 nitrogen and oxygen atoms in total. The van der Waals surface area contributed by atoms with Crippen molar-refractivity contribution < 1.29 is 14.7 Å². The summed E-state index contributed by atoms with van der Waals surface area (Å²) in [5, 5.41) is 15.8. The standard InChI is InChI=1S/C20H14Cl4N4O3/c21-11-6-15(18(24)26-7-11)28-16(20(30)31)5-10-1-3-12(4-2-10)27-19(29)17-13(22)8-25-9-14(17)23/h1-4,6-9,16,28H,5H2,(H,27,29)(H,30,31). The van der Waals surface area contributed by atoms with Gasteiger partial charge in [-0.1, -0.05) is 58.5 Å². The van der Waals surface area contributed by atoms with Crippen molar-refractivity contribution >= 4 is 69.7 Å². The average molecular weight is 500 g/mol. The molecular formula is C20H14Cl4N4O3. The predicted molar refractivity (Wildman–Crippen MR) is 122 cm³/mol. The molecule has 2 heterocycles. The van der Waals surface area contributed by atoms with Gasteiger partial charge in [0.25, 0.3) is 5.91 Å². The Labute approximate surface area is 197 Å². The molecule has 0 aliphatic heterocycles. The number of carbonyl (C=O) groups is 2. The molecule has 11 heteroatoms. The van der Waals surface area contributed by atoms with Crippen molar-refractivity contribution in [2.24, 2.45) is 0 Å². The first kappa shape index (κ1) is 23.1. The second-order valence-corrected chi connectivity index (χ2v) is 7.97. The maximum absolute atomic E-state index is 12.4. The van der Waals surface area contributed by atoms with Crippen LogP contribution in [0.1, 0.15) is 15.9 Å². The summed E-state index contributed by atoms with van der Waals surface area (Å²) in [5.74, 6) is -1.56. The number of hydrogen-bond donors (Lipinski definition) is 3. The van der Waals surface area contributed by atoms with E-state index in [0.717, 1.165) is 0 Å². The summed E-state index contributed by atoms with van der Waals surface area (Å²) in [6.07, 6.45) is 4.16. The number of halogens is 4. The minimum atomic E-state index is -1.07. The third kappa shape index (κ3) is 5.98. The Morgan fingerprint density at radius 2 is 1.65 bits per heavy atom. The largest absolute Gasteiger partial charge is 0.480 e. The van der Waals surface area contributed by atoms with Gasteiger partial charge in [-0.15, -0.1) is 0 Å². The lowest BCUT2D eigenvalue weighted by Gasteiger charge is -2.17. The molecule has 0 aliphatic carbocycles. The van der Waals surface area contributed by atoms with Gasteiger partial charge in [-0.05, 0) is 23.8 Å². The third-order valence-electron chi connectivity index (χ3n) is 4.17. The van der Waals surface area contributed by atoms with E-state index in [1.165, 1.54) is 24.7 Å². The topological polar surface area (TPSA) is 104 Å². The van der Waals surface area contributed by atoms with Crippen molar-refractivity contribution in [2.45, 2.75) is 12.5 Å². The van der Waals surface area contributed by atoms with Crippen LogP contribution in [0.3, 0.4) is 0 Å². The van der Waals surface area contributed by atoms with Gasteiger partial charge in [-0.2, -0.15) is 0 Å². The number of carboxylic acid groups (broad SMARTS) is 1. The third-order valence-corrected chi connectivity index (χ3v) is 5.25. The van der Waals surface area contributed by atoms with E-state index in [-0.39, 0.29) is 27.2 Å². The fourth-order valence-electron chi connectivity index (χ4n) is 2.69. The van der Waals surface area contributed by atoms with Crippen molar-refractivity contribution in [2.75, 3.05) is 10.6 Å². The van der Waals surface area contributed by atoms with Gasteiger partial charge >= 0.3 is 5.97 Å². The summed E-state index contributed by atoms with van der Waals surface area (Å²) in [5.41, 5.74) is 1.63. The zero-order valence-corrected chi connectivity index (χ0v) is 18.6. The first-order valence-corrected chi connectivity index (χ1v) is 10.3. The molecule has 1 amide bonds. The Morgan fingerprint density at radius 3 is 2.26 bits per heavy atom. The number of carbonyl (C=O) groups excluding carboxylic acids is 1. The molecule has 0 saturated carbocycles. The van der Waals surface area contributed by atoms with Crippen LogP contribution in [0.15, 0.2) is 48.9 Å². The SMILES string of the molecule is O=C(Nc1ccc(CC(Nc2cc(Cl)cnc2Cl)C(=O)O)cc1)c1c(Cl)cncc1Cl. The van der Waals surface area contributed by atoms with E-state index in [2.05, 4.69) is 20.6 Å². The number of amides is 1. The summed E-state index contributed by atoms with van der Waals surface area (Å²) in [6.45, 7) is 0. The van der Waals surface area contributed by atoms with Gasteiger partial charge in [-0.3, -0.25) is 9.78 Å². The number of rotatable bonds is 7. The number of hydrogen-bond acceptors (Lipinski definition) is 5. The van der Waals surface area contributed by atoms with Gasteiger partial charge in [-0.25, -0.2) is 9.78 Å². The first-order valence-electron chi connectivity index (χ1n) is 8.74. The highest BCUT2D eigenvalue weighted by molar-refractivity contribution is 6.40. The number of anilines is 2. The van der Waals surface area contributed by atoms with Crippen LogP contribution in [0.5, 0.6) is 0 Å². The summed E-state index contributed by atoms with van der Waals surface area (Å²) in [4.78, 5) is 31.8. The van der Waals surface area contributed by atoms with E-state index in [9.17, 15) is 14.7 Å². The molecule has 3 aromatic rings. The number of benzene rings is 1. The van der Waals surface area contributed by atoms with Gasteiger partial charge < -0.3 is 15.7 Å². The molecule has 3 rings (SSSR count). The molecule has 0 saturated heterocycles. The lowest BCUT2D eigenvalue weighted by molar-refractivity contribution is -0.137. The van der Waals surface area contributed by atoms with Gasteiger partial charge in [0, 0.05) is 30.7 Å². The average Bonchev–Trinajstić information content (AvgIpc) is 2.71. The number of nitrogens with zero attached hydrogens (tertiary/aromatic N) is 2. The smallest absolute Gasteiger partial charge is 0.326 e. The highest BCUT2D eigenvalue weighted by atomic mass is 35.5. The van der Waals surface area contributed by atoms with E-state index in [0.29, 0.717) is 22.0 Å². The minimum absolute atomic E-state index is 0.113. The molecule has 160 valence electrons. The normalized spacial score (nSPS) is 11.6. The summed E-state index contributed by atoms with van der Waals surface area (Å²) < 4.78 is 0. The second-order valence-electron chi connectivity index (χ2n) is 6.36. The number of aliphatic carboxylic acids is 1. The van der Waals surface area contributed by atoms with Gasteiger partial charge in [0.1, 0.15) is 6.04 Å². The van der Waals surface area contributed by atoms with Gasteiger partial charge in [0.2, 0.25) is 0 Å². The number of nitrogens with one attached hydrogen (secondary N) is 2. The maximum Gasteiger partial charge on any atom is 0.326 e. The highest BCUT2D eigenvalue weighted by Gasteiger charge is 2.20. The van der Waals surface area contributed by atoms with Gasteiger partial charge in [0.15, 0.2) is 5.15 Å². The van der Waals surface area contributed by atoms with Crippen LogP contribution in [0, 0.1) is 0 Å². The molecule has 0 fully saturated rings. The van der Waals surface area contributed by atoms with Crippen molar-refractivity contribution in [3.05, 3.63) is 80.3 Å². The summed E-state index contributed by atoms with van der Waals surface area (Å²) in [7, 11) is 0. The Bertz CT molecular complexity index is 1110. The lowest BCUT2D eigenvalue weighted by atomic mass is 10.1. The van der Waals surface area contributed by atoms with Crippen LogP contribution in [0.25, 0.3) is 0 Å². The molecule has 1 unspecified atom stereocenters. The van der Waals surface area contributed by atoms with Crippen LogP contribution in [0.2, 0.25) is 20.2 Å². The number of pyridine rings is 2. The molecule has 1 aromatic carbocycles. The molecule has 0 spiro atoms. The summed E-state index contributed by atoms with van der Waals surface area (Å²) in [6, 6.07) is 7.20. The van der Waals surface area contributed by atoms with E-state index >= 15 is 0 Å². The molecular weight excluding hydrogens is 486 g/mol. The van der Waals surface area contributed by atoms with E-state index in [1.807, 2.05) is 0 Å². The number of carboxylic acids is 1. The Morgan fingerprint density at radius 1 is 1.00 bits per heavy atom. The quantitative estimate of drug-likeness (QED) is 0.373. The van der Waals surface area contributed by atoms with Crippen LogP contribution in [-0.2, 0) is 11.2 Å². The predicted octanol–water partition coefficient (Wildman–Crippen LogP) is 5.45. The van der Waals surface area contributed by atoms with Crippen molar-refractivity contribution in [3.8, 4) is 0 Å². The van der Waals surface area contributed by atoms with Crippen LogP contribution in [0.4, 0.5) is 11.4 Å². The lowest BCUT2D eigenvalue weighted by Crippen LogP contribution is -2.31. The minimum Gasteiger partial charge on any atom is -0.480 e. The van der Waals surface area contributed by atoms with E-state index in [1.54, 1.807) is 24.3 Å². The van der Waals surface area contributed by atoms with Crippen molar-refractivity contribution in [3.63, 3.8) is 0 Å². The van der Waals surface area contributed by atoms with E-state index < -0.39 is 17.9 Å². The zero-order valence-electron chi connectivity index (χ0n) is 15.6. The molecule has 3 N–H and O–H groups in total. The van der Waals surface area contributed by atoms with Crippen LogP contribution < -0.4 is 10.6 Å². The Balaban J connectivity index is 1.70. The van der Waals surface area contributed by atoms with Crippen molar-refractivity contribution in [1.29, 1.82) is 0 Å². The molecule has 0 aliphatic rings. The van der Waals surface area contributed by atoms with Crippen molar-refractivity contribution in [1.82, 2.24) is 9.97 Å². The van der Waals surface area contributed by atoms with Crippen LogP contribution in [-0.4, -0.2) is 33.0 Å². The van der Waals surface area contributed by atoms with Crippen LogP contribution >= 0.6 is 46.4 Å². The Kier molecular flexibility index (Phi) is 7.56. The second kappa shape index (κ2) is 10.2. The molecule has 31 heavy (non-hydrogen) atoms. The first-order chi connectivity index (χ1) is 14.7. The zero-order chi connectivity index (χ0) is 22.5. The van der Waals surface area contributed by atoms with E-state index in [4.69, 9.17) is 46.4 Å². The fourth-order valence-corrected chi connectivity index (χ4v) is 3.55. The molecule has 1 atom stereocenters. The monoisotopic (exact) mass is 498 g/mol. The Hall–Kier alpha value is -2.58. The van der Waals surface area contributed by atoms with Gasteiger partial charge in [0.05, 0.1) is 26.3 Å². The molecule has 2 aromatic heterocycles. The summed E-state index contributed by atoms with van der Waals surface area (Å²) >= 11 is 23.9. The molecule has 0 bridgehead atoms. The number of aromatic nitrogens is 2.